The van der Waals surface area contributed by atoms with E-state index in [4.69, 9.17) is 9.47 Å². The van der Waals surface area contributed by atoms with Gasteiger partial charge < -0.3 is 20.1 Å². The van der Waals surface area contributed by atoms with Gasteiger partial charge in [-0.1, -0.05) is 24.3 Å². The van der Waals surface area contributed by atoms with Gasteiger partial charge in [-0.05, 0) is 57.5 Å². The minimum absolute atomic E-state index is 0.0770. The third-order valence-electron chi connectivity index (χ3n) is 3.47. The highest BCUT2D eigenvalue weighted by molar-refractivity contribution is 5.81. The van der Waals surface area contributed by atoms with Crippen molar-refractivity contribution in [2.24, 2.45) is 0 Å². The summed E-state index contributed by atoms with van der Waals surface area (Å²) in [4.78, 5) is 12.1. The minimum atomic E-state index is -0.0770. The predicted octanol–water partition coefficient (Wildman–Crippen LogP) is 3.99. The molecular weight excluding hydrogens is 328 g/mol. The zero-order valence-electron chi connectivity index (χ0n) is 15.9. The maximum Gasteiger partial charge on any atom is 0.239 e. The van der Waals surface area contributed by atoms with Crippen molar-refractivity contribution in [2.45, 2.75) is 46.4 Å². The van der Waals surface area contributed by atoms with Crippen molar-refractivity contribution < 1.29 is 14.3 Å². The quantitative estimate of drug-likeness (QED) is 0.713. The zero-order chi connectivity index (χ0) is 18.9. The molecule has 0 aliphatic carbocycles. The van der Waals surface area contributed by atoms with Crippen molar-refractivity contribution >= 4 is 11.6 Å². The lowest BCUT2D eigenvalue weighted by atomic mass is 10.2. The maximum atomic E-state index is 12.1. The topological polar surface area (TPSA) is 59.6 Å². The molecule has 0 aliphatic rings. The van der Waals surface area contributed by atoms with Crippen LogP contribution < -0.4 is 20.1 Å². The summed E-state index contributed by atoms with van der Waals surface area (Å²) in [5.74, 6) is 1.50. The van der Waals surface area contributed by atoms with Crippen molar-refractivity contribution in [3.63, 3.8) is 0 Å². The van der Waals surface area contributed by atoms with E-state index in [0.29, 0.717) is 6.54 Å². The Morgan fingerprint density at radius 1 is 0.923 bits per heavy atom. The standard InChI is InChI=1S/C21H28N2O3/c1-15(2)25-18-11-9-17(10-12-18)13-23-21(24)14-22-19-7-5-6-8-20(19)26-16(3)4/h5-12,15-16,22H,13-14H2,1-4H3,(H,23,24). The summed E-state index contributed by atoms with van der Waals surface area (Å²) in [6.45, 7) is 8.60. The Labute approximate surface area is 155 Å². The monoisotopic (exact) mass is 356 g/mol. The van der Waals surface area contributed by atoms with Crippen LogP contribution in [0.2, 0.25) is 0 Å². The smallest absolute Gasteiger partial charge is 0.239 e. The van der Waals surface area contributed by atoms with E-state index in [-0.39, 0.29) is 24.7 Å². The maximum absolute atomic E-state index is 12.1. The molecule has 2 rings (SSSR count). The average Bonchev–Trinajstić information content (AvgIpc) is 2.59. The normalized spacial score (nSPS) is 10.7. The van der Waals surface area contributed by atoms with Gasteiger partial charge in [-0.25, -0.2) is 0 Å². The SMILES string of the molecule is CC(C)Oc1ccc(CNC(=O)CNc2ccccc2OC(C)C)cc1. The predicted molar refractivity (Wildman–Crippen MR) is 105 cm³/mol. The number of carbonyl (C=O) groups excluding carboxylic acids is 1. The molecule has 5 heteroatoms. The van der Waals surface area contributed by atoms with Crippen LogP contribution in [0, 0.1) is 0 Å². The van der Waals surface area contributed by atoms with Gasteiger partial charge in [0.1, 0.15) is 11.5 Å². The molecule has 0 spiro atoms. The number of carbonyl (C=O) groups is 1. The van der Waals surface area contributed by atoms with Gasteiger partial charge in [-0.15, -0.1) is 0 Å². The fourth-order valence-corrected chi connectivity index (χ4v) is 2.37. The number of benzene rings is 2. The third-order valence-corrected chi connectivity index (χ3v) is 3.47. The molecule has 0 bridgehead atoms. The second-order valence-corrected chi connectivity index (χ2v) is 6.60. The second kappa shape index (κ2) is 9.70. The Bertz CT molecular complexity index is 697. The van der Waals surface area contributed by atoms with Crippen LogP contribution in [0.5, 0.6) is 11.5 Å². The first-order valence-corrected chi connectivity index (χ1v) is 8.96. The number of amides is 1. The Morgan fingerprint density at radius 3 is 2.23 bits per heavy atom. The van der Waals surface area contributed by atoms with Crippen molar-refractivity contribution in [3.8, 4) is 11.5 Å². The molecule has 0 radical (unpaired) electrons. The van der Waals surface area contributed by atoms with Crippen LogP contribution in [-0.4, -0.2) is 24.7 Å². The van der Waals surface area contributed by atoms with Gasteiger partial charge >= 0.3 is 0 Å². The largest absolute Gasteiger partial charge is 0.491 e. The molecule has 0 aliphatic heterocycles. The Morgan fingerprint density at radius 2 is 1.58 bits per heavy atom. The lowest BCUT2D eigenvalue weighted by Gasteiger charge is -2.15. The number of ether oxygens (including phenoxy) is 2. The van der Waals surface area contributed by atoms with E-state index in [1.165, 1.54) is 0 Å². The van der Waals surface area contributed by atoms with Crippen LogP contribution in [0.3, 0.4) is 0 Å². The van der Waals surface area contributed by atoms with Gasteiger partial charge in [0.15, 0.2) is 0 Å². The highest BCUT2D eigenvalue weighted by atomic mass is 16.5. The van der Waals surface area contributed by atoms with E-state index in [9.17, 15) is 4.79 Å². The lowest BCUT2D eigenvalue weighted by molar-refractivity contribution is -0.119. The second-order valence-electron chi connectivity index (χ2n) is 6.60. The van der Waals surface area contributed by atoms with Gasteiger partial charge in [0.25, 0.3) is 0 Å². The van der Waals surface area contributed by atoms with Crippen LogP contribution in [-0.2, 0) is 11.3 Å². The Balaban J connectivity index is 1.81. The molecule has 0 saturated heterocycles. The Hall–Kier alpha value is -2.69. The van der Waals surface area contributed by atoms with Crippen molar-refractivity contribution in [1.82, 2.24) is 5.32 Å². The number of para-hydroxylation sites is 2. The summed E-state index contributed by atoms with van der Waals surface area (Å²) in [6.07, 6.45) is 0.226. The van der Waals surface area contributed by atoms with Crippen LogP contribution in [0.4, 0.5) is 5.69 Å². The van der Waals surface area contributed by atoms with E-state index in [0.717, 1.165) is 22.7 Å². The molecule has 2 aromatic carbocycles. The summed E-state index contributed by atoms with van der Waals surface area (Å²) < 4.78 is 11.4. The Kier molecular flexibility index (Phi) is 7.33. The molecule has 1 amide bonds. The number of nitrogens with one attached hydrogen (secondary N) is 2. The van der Waals surface area contributed by atoms with E-state index in [1.54, 1.807) is 0 Å². The van der Waals surface area contributed by atoms with Crippen molar-refractivity contribution in [2.75, 3.05) is 11.9 Å². The van der Waals surface area contributed by atoms with Gasteiger partial charge in [0, 0.05) is 6.54 Å². The number of hydrogen-bond acceptors (Lipinski definition) is 4. The first-order valence-electron chi connectivity index (χ1n) is 8.96. The fourth-order valence-electron chi connectivity index (χ4n) is 2.37. The first-order chi connectivity index (χ1) is 12.4. The molecule has 0 heterocycles. The molecule has 0 fully saturated rings. The van der Waals surface area contributed by atoms with E-state index in [1.807, 2.05) is 76.2 Å². The molecule has 0 saturated carbocycles. The molecule has 140 valence electrons. The number of rotatable bonds is 9. The van der Waals surface area contributed by atoms with Crippen molar-refractivity contribution in [1.29, 1.82) is 0 Å². The lowest BCUT2D eigenvalue weighted by Crippen LogP contribution is -2.29. The molecule has 2 N–H and O–H groups in total. The summed E-state index contributed by atoms with van der Waals surface area (Å²) >= 11 is 0. The zero-order valence-corrected chi connectivity index (χ0v) is 15.9. The van der Waals surface area contributed by atoms with E-state index in [2.05, 4.69) is 10.6 Å². The van der Waals surface area contributed by atoms with E-state index < -0.39 is 0 Å². The van der Waals surface area contributed by atoms with Crippen LogP contribution in [0.15, 0.2) is 48.5 Å². The van der Waals surface area contributed by atoms with Gasteiger partial charge in [0.2, 0.25) is 5.91 Å². The molecule has 5 nitrogen and oxygen atoms in total. The van der Waals surface area contributed by atoms with Gasteiger partial charge in [-0.3, -0.25) is 4.79 Å². The molecule has 2 aromatic rings. The van der Waals surface area contributed by atoms with Gasteiger partial charge in [0.05, 0.1) is 24.4 Å². The molecule has 0 unspecified atom stereocenters. The number of hydrogen-bond donors (Lipinski definition) is 2. The average molecular weight is 356 g/mol. The van der Waals surface area contributed by atoms with Crippen LogP contribution in [0.25, 0.3) is 0 Å². The molecular formula is C21H28N2O3. The van der Waals surface area contributed by atoms with Crippen LogP contribution in [0.1, 0.15) is 33.3 Å². The highest BCUT2D eigenvalue weighted by Crippen LogP contribution is 2.24. The van der Waals surface area contributed by atoms with Gasteiger partial charge in [-0.2, -0.15) is 0 Å². The van der Waals surface area contributed by atoms with Crippen LogP contribution >= 0.6 is 0 Å². The molecule has 26 heavy (non-hydrogen) atoms. The minimum Gasteiger partial charge on any atom is -0.491 e. The summed E-state index contributed by atoms with van der Waals surface area (Å²) in [6, 6.07) is 15.4. The summed E-state index contributed by atoms with van der Waals surface area (Å²) in [5.41, 5.74) is 1.84. The summed E-state index contributed by atoms with van der Waals surface area (Å²) in [7, 11) is 0. The fraction of sp³-hybridized carbons (Fsp3) is 0.381. The first kappa shape index (κ1) is 19.6. The molecule has 0 aromatic heterocycles. The van der Waals surface area contributed by atoms with Crippen molar-refractivity contribution in [3.05, 3.63) is 54.1 Å². The third kappa shape index (κ3) is 6.67. The number of anilines is 1. The summed E-state index contributed by atoms with van der Waals surface area (Å²) in [5, 5.41) is 6.03. The van der Waals surface area contributed by atoms with E-state index >= 15 is 0 Å². The highest BCUT2D eigenvalue weighted by Gasteiger charge is 2.07. The molecule has 0 atom stereocenters.